The normalized spacial score (nSPS) is 13.1. The summed E-state index contributed by atoms with van der Waals surface area (Å²) < 4.78 is 0. The van der Waals surface area contributed by atoms with Crippen LogP contribution in [-0.2, 0) is 19.2 Å². The van der Waals surface area contributed by atoms with Gasteiger partial charge in [0.2, 0.25) is 12.3 Å². The molecule has 0 radical (unpaired) electrons. The Morgan fingerprint density at radius 2 is 1.84 bits per heavy atom. The van der Waals surface area contributed by atoms with Gasteiger partial charge < -0.3 is 20.8 Å². The number of amides is 2. The average molecular weight is 274 g/mol. The maximum atomic E-state index is 11.6. The second-order valence-corrected chi connectivity index (χ2v) is 4.09. The van der Waals surface area contributed by atoms with Crippen LogP contribution in [0.4, 0.5) is 0 Å². The van der Waals surface area contributed by atoms with Gasteiger partial charge >= 0.3 is 11.9 Å². The summed E-state index contributed by atoms with van der Waals surface area (Å²) in [5.41, 5.74) is 0. The topological polar surface area (TPSA) is 133 Å². The lowest BCUT2D eigenvalue weighted by molar-refractivity contribution is -0.141. The van der Waals surface area contributed by atoms with E-state index in [0.717, 1.165) is 0 Å². The molecule has 0 saturated heterocycles. The van der Waals surface area contributed by atoms with Crippen molar-refractivity contribution in [1.82, 2.24) is 10.6 Å². The fourth-order valence-corrected chi connectivity index (χ4v) is 1.30. The monoisotopic (exact) mass is 274 g/mol. The van der Waals surface area contributed by atoms with Gasteiger partial charge in [0.05, 0.1) is 5.92 Å². The van der Waals surface area contributed by atoms with Gasteiger partial charge in [-0.15, -0.1) is 0 Å². The predicted molar refractivity (Wildman–Crippen MR) is 64.3 cm³/mol. The average Bonchev–Trinajstić information content (AvgIpc) is 2.33. The summed E-state index contributed by atoms with van der Waals surface area (Å²) in [6.45, 7) is 1.66. The second kappa shape index (κ2) is 8.90. The van der Waals surface area contributed by atoms with Gasteiger partial charge in [-0.3, -0.25) is 19.2 Å². The summed E-state index contributed by atoms with van der Waals surface area (Å²) in [6.07, 6.45) is 0.318. The molecule has 0 aromatic carbocycles. The lowest BCUT2D eigenvalue weighted by atomic mass is 10.1. The van der Waals surface area contributed by atoms with Gasteiger partial charge in [0.1, 0.15) is 6.04 Å². The Balaban J connectivity index is 4.13. The third kappa shape index (κ3) is 7.74. The highest BCUT2D eigenvalue weighted by Crippen LogP contribution is 2.01. The number of nitrogens with one attached hydrogen (secondary N) is 2. The number of rotatable bonds is 10. The van der Waals surface area contributed by atoms with Crippen molar-refractivity contribution in [1.29, 1.82) is 0 Å². The minimum atomic E-state index is -1.06. The van der Waals surface area contributed by atoms with E-state index in [9.17, 15) is 19.2 Å². The smallest absolute Gasteiger partial charge is 0.306 e. The number of carboxylic acid groups (broad SMARTS) is 2. The highest BCUT2D eigenvalue weighted by molar-refractivity contribution is 5.84. The molecule has 0 spiro atoms. The van der Waals surface area contributed by atoms with Crippen molar-refractivity contribution < 1.29 is 29.4 Å². The van der Waals surface area contributed by atoms with E-state index in [1.54, 1.807) is 0 Å². The van der Waals surface area contributed by atoms with Crippen molar-refractivity contribution in [3.8, 4) is 0 Å². The van der Waals surface area contributed by atoms with Gasteiger partial charge in [-0.2, -0.15) is 0 Å². The zero-order valence-corrected chi connectivity index (χ0v) is 10.6. The van der Waals surface area contributed by atoms with Gasteiger partial charge in [-0.1, -0.05) is 6.92 Å². The molecule has 8 heteroatoms. The Hall–Kier alpha value is -2.12. The molecule has 0 bridgehead atoms. The van der Waals surface area contributed by atoms with Crippen LogP contribution in [0.15, 0.2) is 0 Å². The van der Waals surface area contributed by atoms with Crippen LogP contribution in [0.2, 0.25) is 0 Å². The van der Waals surface area contributed by atoms with E-state index in [2.05, 4.69) is 10.6 Å². The number of carbonyl (C=O) groups excluding carboxylic acids is 2. The molecule has 4 N–H and O–H groups in total. The van der Waals surface area contributed by atoms with E-state index in [1.807, 2.05) is 0 Å². The highest BCUT2D eigenvalue weighted by atomic mass is 16.4. The van der Waals surface area contributed by atoms with Crippen LogP contribution in [0.25, 0.3) is 0 Å². The van der Waals surface area contributed by atoms with Gasteiger partial charge in [0.15, 0.2) is 0 Å². The fourth-order valence-electron chi connectivity index (χ4n) is 1.30. The number of aliphatic carboxylic acids is 2. The molecule has 0 aliphatic rings. The van der Waals surface area contributed by atoms with Crippen molar-refractivity contribution in [3.63, 3.8) is 0 Å². The summed E-state index contributed by atoms with van der Waals surface area (Å²) in [7, 11) is 0. The molecule has 0 aromatic heterocycles. The first-order chi connectivity index (χ1) is 8.88. The Morgan fingerprint density at radius 1 is 1.21 bits per heavy atom. The van der Waals surface area contributed by atoms with Crippen LogP contribution in [-0.4, -0.2) is 47.1 Å². The zero-order valence-electron chi connectivity index (χ0n) is 10.6. The van der Waals surface area contributed by atoms with Crippen molar-refractivity contribution in [2.24, 2.45) is 5.92 Å². The third-order valence-electron chi connectivity index (χ3n) is 2.53. The second-order valence-electron chi connectivity index (χ2n) is 4.09. The van der Waals surface area contributed by atoms with Crippen molar-refractivity contribution in [2.75, 3.05) is 6.54 Å². The zero-order chi connectivity index (χ0) is 14.8. The summed E-state index contributed by atoms with van der Waals surface area (Å²) in [4.78, 5) is 42.9. The minimum absolute atomic E-state index is 0.0195. The molecule has 0 fully saturated rings. The summed E-state index contributed by atoms with van der Waals surface area (Å²) >= 11 is 0. The van der Waals surface area contributed by atoms with E-state index in [4.69, 9.17) is 10.2 Å². The minimum Gasteiger partial charge on any atom is -0.481 e. The first-order valence-electron chi connectivity index (χ1n) is 5.80. The molecule has 2 atom stereocenters. The first kappa shape index (κ1) is 16.9. The molecule has 2 unspecified atom stereocenters. The number of hydrogen-bond acceptors (Lipinski definition) is 4. The molecular weight excluding hydrogens is 256 g/mol. The Kier molecular flexibility index (Phi) is 7.90. The molecule has 0 heterocycles. The molecule has 0 saturated carbocycles. The van der Waals surface area contributed by atoms with Gasteiger partial charge in [-0.25, -0.2) is 0 Å². The van der Waals surface area contributed by atoms with Crippen molar-refractivity contribution >= 4 is 24.3 Å². The summed E-state index contributed by atoms with van der Waals surface area (Å²) in [5, 5.41) is 21.8. The number of carboxylic acids is 2. The molecular formula is C11H18N2O6. The maximum Gasteiger partial charge on any atom is 0.306 e. The summed E-state index contributed by atoms with van der Waals surface area (Å²) in [5.74, 6) is -3.13. The highest BCUT2D eigenvalue weighted by Gasteiger charge is 2.19. The Labute approximate surface area is 110 Å². The molecule has 0 aliphatic heterocycles. The fraction of sp³-hybridized carbons (Fsp3) is 0.636. The van der Waals surface area contributed by atoms with Crippen LogP contribution in [0.5, 0.6) is 0 Å². The van der Waals surface area contributed by atoms with Gasteiger partial charge in [-0.05, 0) is 12.8 Å². The standard InChI is InChI=1S/C11H18N2O6/c1-7(11(18)19)4-5-12-10(17)8(13-6-14)2-3-9(15)16/h6-8H,2-5H2,1H3,(H,12,17)(H,13,14)(H,15,16)(H,18,19). The molecule has 19 heavy (non-hydrogen) atoms. The molecule has 2 amide bonds. The maximum absolute atomic E-state index is 11.6. The molecule has 0 aromatic rings. The first-order valence-corrected chi connectivity index (χ1v) is 5.80. The molecule has 108 valence electrons. The number of hydrogen-bond donors (Lipinski definition) is 4. The lowest BCUT2D eigenvalue weighted by Crippen LogP contribution is -2.44. The third-order valence-corrected chi connectivity index (χ3v) is 2.53. The molecule has 0 rings (SSSR count). The van der Waals surface area contributed by atoms with E-state index in [-0.39, 0.29) is 25.8 Å². The molecule has 0 aliphatic carbocycles. The predicted octanol–water partition coefficient (Wildman–Crippen LogP) is -0.807. The van der Waals surface area contributed by atoms with Crippen molar-refractivity contribution in [2.45, 2.75) is 32.2 Å². The number of carbonyl (C=O) groups is 4. The van der Waals surface area contributed by atoms with E-state index < -0.39 is 29.8 Å². The SMILES string of the molecule is CC(CCNC(=O)C(CCC(=O)O)NC=O)C(=O)O. The van der Waals surface area contributed by atoms with Crippen LogP contribution in [0.3, 0.4) is 0 Å². The Bertz CT molecular complexity index is 344. The van der Waals surface area contributed by atoms with Crippen LogP contribution < -0.4 is 10.6 Å². The van der Waals surface area contributed by atoms with Crippen LogP contribution in [0.1, 0.15) is 26.2 Å². The van der Waals surface area contributed by atoms with Crippen LogP contribution in [0, 0.1) is 5.92 Å². The van der Waals surface area contributed by atoms with Gasteiger partial charge in [0.25, 0.3) is 0 Å². The van der Waals surface area contributed by atoms with E-state index in [0.29, 0.717) is 6.41 Å². The lowest BCUT2D eigenvalue weighted by Gasteiger charge is -2.15. The quantitative estimate of drug-likeness (QED) is 0.385. The van der Waals surface area contributed by atoms with Crippen LogP contribution >= 0.6 is 0 Å². The van der Waals surface area contributed by atoms with Crippen molar-refractivity contribution in [3.05, 3.63) is 0 Å². The summed E-state index contributed by atoms with van der Waals surface area (Å²) in [6, 6.07) is -0.922. The molecule has 8 nitrogen and oxygen atoms in total. The Morgan fingerprint density at radius 3 is 2.32 bits per heavy atom. The largest absolute Gasteiger partial charge is 0.481 e. The van der Waals surface area contributed by atoms with E-state index >= 15 is 0 Å². The van der Waals surface area contributed by atoms with E-state index in [1.165, 1.54) is 6.92 Å². The van der Waals surface area contributed by atoms with Gasteiger partial charge in [0, 0.05) is 13.0 Å².